The Kier molecular flexibility index (Phi) is 5.67. The van der Waals surface area contributed by atoms with Crippen molar-refractivity contribution in [1.29, 1.82) is 0 Å². The summed E-state index contributed by atoms with van der Waals surface area (Å²) in [5.74, 6) is 0.650. The lowest BCUT2D eigenvalue weighted by Gasteiger charge is -2.35. The molecule has 1 aromatic heterocycles. The highest BCUT2D eigenvalue weighted by Crippen LogP contribution is 2.39. The van der Waals surface area contributed by atoms with E-state index in [1.807, 2.05) is 18.0 Å². The molecule has 0 unspecified atom stereocenters. The summed E-state index contributed by atoms with van der Waals surface area (Å²) >= 11 is 6.22. The molecule has 6 nitrogen and oxygen atoms in total. The van der Waals surface area contributed by atoms with Gasteiger partial charge in [-0.15, -0.1) is 0 Å². The maximum Gasteiger partial charge on any atom is 0.416 e. The number of fused-ring (bicyclic) bond motifs is 2. The van der Waals surface area contributed by atoms with Gasteiger partial charge in [0.2, 0.25) is 5.91 Å². The van der Waals surface area contributed by atoms with E-state index in [4.69, 9.17) is 11.6 Å². The van der Waals surface area contributed by atoms with Crippen LogP contribution in [0.2, 0.25) is 5.02 Å². The van der Waals surface area contributed by atoms with Crippen LogP contribution in [-0.4, -0.2) is 28.8 Å². The number of carbonyl (C=O) groups is 1. The van der Waals surface area contributed by atoms with Gasteiger partial charge in [-0.2, -0.15) is 18.3 Å². The lowest BCUT2D eigenvalue weighted by Crippen LogP contribution is -2.42. The van der Waals surface area contributed by atoms with Crippen LogP contribution in [0.1, 0.15) is 24.0 Å². The molecular weight excluding hydrogens is 467 g/mol. The fraction of sp³-hybridized carbons (Fsp3) is 0.333. The number of benzene rings is 2. The molecule has 2 aliphatic rings. The Morgan fingerprint density at radius 1 is 1.12 bits per heavy atom. The first kappa shape index (κ1) is 22.6. The van der Waals surface area contributed by atoms with E-state index in [0.29, 0.717) is 37.5 Å². The van der Waals surface area contributed by atoms with E-state index >= 15 is 0 Å². The van der Waals surface area contributed by atoms with E-state index in [2.05, 4.69) is 10.4 Å². The van der Waals surface area contributed by atoms with Gasteiger partial charge in [0.05, 0.1) is 29.7 Å². The Bertz CT molecular complexity index is 1220. The number of hydrogen-bond donors (Lipinski definition) is 1. The topological polar surface area (TPSA) is 53.4 Å². The average molecular weight is 490 g/mol. The number of aryl methyl sites for hydroxylation is 1. The minimum absolute atomic E-state index is 0.0224. The summed E-state index contributed by atoms with van der Waals surface area (Å²) in [5, 5.41) is 8.23. The minimum atomic E-state index is -4.35. The van der Waals surface area contributed by atoms with E-state index in [1.165, 1.54) is 12.1 Å². The second kappa shape index (κ2) is 8.54. The molecule has 1 saturated heterocycles. The molecule has 34 heavy (non-hydrogen) atoms. The van der Waals surface area contributed by atoms with Gasteiger partial charge >= 0.3 is 6.18 Å². The molecule has 0 saturated carbocycles. The SMILES string of the molecule is Cn1ncc2c1Nc1cc(Cl)ccc1N(C(=O)C1CCN(c3ccc(C(F)(F)F)cc3)CC1)C2. The van der Waals surface area contributed by atoms with Crippen LogP contribution in [-0.2, 0) is 24.6 Å². The fourth-order valence-corrected chi connectivity index (χ4v) is 4.82. The highest BCUT2D eigenvalue weighted by atomic mass is 35.5. The number of nitrogens with zero attached hydrogens (tertiary/aromatic N) is 4. The second-order valence-electron chi connectivity index (χ2n) is 8.66. The fourth-order valence-electron chi connectivity index (χ4n) is 4.65. The van der Waals surface area contributed by atoms with Gasteiger partial charge in [-0.3, -0.25) is 9.48 Å². The molecule has 5 rings (SSSR count). The van der Waals surface area contributed by atoms with E-state index in [1.54, 1.807) is 27.9 Å². The molecule has 0 aliphatic carbocycles. The third kappa shape index (κ3) is 4.20. The van der Waals surface area contributed by atoms with Gasteiger partial charge < -0.3 is 15.1 Å². The number of aromatic nitrogens is 2. The first-order chi connectivity index (χ1) is 16.2. The lowest BCUT2D eigenvalue weighted by atomic mass is 9.94. The van der Waals surface area contributed by atoms with Crippen molar-refractivity contribution in [3.63, 3.8) is 0 Å². The number of anilines is 4. The highest BCUT2D eigenvalue weighted by molar-refractivity contribution is 6.31. The number of halogens is 4. The zero-order valence-electron chi connectivity index (χ0n) is 18.4. The minimum Gasteiger partial charge on any atom is -0.371 e. The maximum absolute atomic E-state index is 13.7. The third-order valence-electron chi connectivity index (χ3n) is 6.52. The van der Waals surface area contributed by atoms with Gasteiger partial charge in [0.1, 0.15) is 5.82 Å². The van der Waals surface area contributed by atoms with E-state index < -0.39 is 11.7 Å². The summed E-state index contributed by atoms with van der Waals surface area (Å²) < 4.78 is 40.3. The number of rotatable bonds is 2. The smallest absolute Gasteiger partial charge is 0.371 e. The van der Waals surface area contributed by atoms with Gasteiger partial charge in [0.25, 0.3) is 0 Å². The Morgan fingerprint density at radius 2 is 1.82 bits per heavy atom. The molecule has 1 amide bonds. The Balaban J connectivity index is 1.33. The van der Waals surface area contributed by atoms with Gasteiger partial charge in [-0.05, 0) is 55.3 Å². The Labute approximate surface area is 199 Å². The summed E-state index contributed by atoms with van der Waals surface area (Å²) in [6, 6.07) is 10.6. The summed E-state index contributed by atoms with van der Waals surface area (Å²) in [6.45, 7) is 1.59. The second-order valence-corrected chi connectivity index (χ2v) is 9.10. The molecule has 3 aromatic rings. The number of alkyl halides is 3. The van der Waals surface area contributed by atoms with Crippen LogP contribution in [0.25, 0.3) is 0 Å². The van der Waals surface area contributed by atoms with Gasteiger partial charge in [0.15, 0.2) is 0 Å². The third-order valence-corrected chi connectivity index (χ3v) is 6.75. The van der Waals surface area contributed by atoms with Crippen LogP contribution in [0, 0.1) is 5.92 Å². The molecule has 0 spiro atoms. The standard InChI is InChI=1S/C24H23ClF3N5O/c1-31-22-16(13-29-31)14-33(21-7-4-18(25)12-20(21)30-22)23(34)15-8-10-32(11-9-15)19-5-2-17(3-6-19)24(26,27)28/h2-7,12-13,15,30H,8-11,14H2,1H3. The van der Waals surface area contributed by atoms with Crippen molar-refractivity contribution in [2.24, 2.45) is 13.0 Å². The summed E-state index contributed by atoms with van der Waals surface area (Å²) in [7, 11) is 1.84. The summed E-state index contributed by atoms with van der Waals surface area (Å²) in [6.07, 6.45) is -1.36. The molecule has 0 radical (unpaired) electrons. The van der Waals surface area contributed by atoms with Crippen LogP contribution in [0.15, 0.2) is 48.7 Å². The van der Waals surface area contributed by atoms with Crippen molar-refractivity contribution in [3.05, 3.63) is 64.8 Å². The molecule has 10 heteroatoms. The average Bonchev–Trinajstić information content (AvgIpc) is 3.07. The van der Waals surface area contributed by atoms with E-state index in [0.717, 1.165) is 40.6 Å². The van der Waals surface area contributed by atoms with Crippen LogP contribution >= 0.6 is 11.6 Å². The summed E-state index contributed by atoms with van der Waals surface area (Å²) in [4.78, 5) is 17.5. The normalized spacial score (nSPS) is 16.5. The molecular formula is C24H23ClF3N5O. The van der Waals surface area contributed by atoms with Crippen LogP contribution < -0.4 is 15.1 Å². The Morgan fingerprint density at radius 3 is 2.50 bits per heavy atom. The first-order valence-corrected chi connectivity index (χ1v) is 11.4. The van der Waals surface area contributed by atoms with Gasteiger partial charge in [0, 0.05) is 42.3 Å². The number of hydrogen-bond acceptors (Lipinski definition) is 4. The molecule has 3 heterocycles. The largest absolute Gasteiger partial charge is 0.416 e. The Hall–Kier alpha value is -3.20. The van der Waals surface area contributed by atoms with Crippen LogP contribution in [0.5, 0.6) is 0 Å². The quantitative estimate of drug-likeness (QED) is 0.509. The molecule has 1 N–H and O–H groups in total. The zero-order valence-corrected chi connectivity index (χ0v) is 19.2. The summed E-state index contributed by atoms with van der Waals surface area (Å²) in [5.41, 5.74) is 2.48. The van der Waals surface area contributed by atoms with Crippen molar-refractivity contribution in [3.8, 4) is 0 Å². The molecule has 1 fully saturated rings. The van der Waals surface area contributed by atoms with E-state index in [-0.39, 0.29) is 11.8 Å². The highest BCUT2D eigenvalue weighted by Gasteiger charge is 2.34. The predicted molar refractivity (Wildman–Crippen MR) is 126 cm³/mol. The lowest BCUT2D eigenvalue weighted by molar-refractivity contribution is -0.137. The van der Waals surface area contributed by atoms with Crippen molar-refractivity contribution in [2.75, 3.05) is 28.2 Å². The van der Waals surface area contributed by atoms with Crippen molar-refractivity contribution >= 4 is 40.4 Å². The van der Waals surface area contributed by atoms with Crippen LogP contribution in [0.4, 0.5) is 36.1 Å². The van der Waals surface area contributed by atoms with Gasteiger partial charge in [-0.25, -0.2) is 0 Å². The molecule has 2 aliphatic heterocycles. The molecule has 178 valence electrons. The first-order valence-electron chi connectivity index (χ1n) is 11.0. The van der Waals surface area contributed by atoms with E-state index in [9.17, 15) is 18.0 Å². The zero-order chi connectivity index (χ0) is 24.0. The predicted octanol–water partition coefficient (Wildman–Crippen LogP) is 5.60. The number of carbonyl (C=O) groups excluding carboxylic acids is 1. The molecule has 0 atom stereocenters. The van der Waals surface area contributed by atoms with Crippen molar-refractivity contribution in [2.45, 2.75) is 25.6 Å². The number of nitrogens with one attached hydrogen (secondary N) is 1. The molecule has 2 aromatic carbocycles. The van der Waals surface area contributed by atoms with Crippen LogP contribution in [0.3, 0.4) is 0 Å². The molecule has 0 bridgehead atoms. The number of piperidine rings is 1. The van der Waals surface area contributed by atoms with Crippen molar-refractivity contribution < 1.29 is 18.0 Å². The van der Waals surface area contributed by atoms with Gasteiger partial charge in [-0.1, -0.05) is 11.6 Å². The van der Waals surface area contributed by atoms with Crippen molar-refractivity contribution in [1.82, 2.24) is 9.78 Å². The monoisotopic (exact) mass is 489 g/mol. The number of amides is 1. The maximum atomic E-state index is 13.7.